The summed E-state index contributed by atoms with van der Waals surface area (Å²) in [5.74, 6) is 0.0566. The molecular weight excluding hydrogens is 550 g/mol. The Hall–Kier alpha value is -4.22. The minimum absolute atomic E-state index is 0.0254. The third-order valence-corrected chi connectivity index (χ3v) is 7.93. The van der Waals surface area contributed by atoms with Gasteiger partial charge in [-0.2, -0.15) is 4.98 Å². The molecule has 11 nitrogen and oxygen atoms in total. The van der Waals surface area contributed by atoms with E-state index in [0.717, 1.165) is 49.2 Å². The fourth-order valence-electron chi connectivity index (χ4n) is 5.54. The number of nitro groups is 1. The number of amides is 1. The molecule has 0 radical (unpaired) electrons. The first-order chi connectivity index (χ1) is 20.9. The number of aromatic nitrogens is 1. The van der Waals surface area contributed by atoms with Gasteiger partial charge in [0.2, 0.25) is 11.7 Å². The highest BCUT2D eigenvalue weighted by atomic mass is 16.6. The van der Waals surface area contributed by atoms with E-state index in [1.165, 1.54) is 29.4 Å². The van der Waals surface area contributed by atoms with Crippen LogP contribution in [0.5, 0.6) is 5.88 Å². The summed E-state index contributed by atoms with van der Waals surface area (Å²) in [6.07, 6.45) is 3.51. The van der Waals surface area contributed by atoms with Gasteiger partial charge in [0.1, 0.15) is 5.69 Å². The van der Waals surface area contributed by atoms with Gasteiger partial charge >= 0.3 is 11.8 Å². The molecule has 5 rings (SSSR count). The summed E-state index contributed by atoms with van der Waals surface area (Å²) in [6.45, 7) is 6.78. The number of nitrogens with two attached hydrogens (primary N) is 1. The lowest BCUT2D eigenvalue weighted by Crippen LogP contribution is -2.32. The average Bonchev–Trinajstić information content (AvgIpc) is 3.53. The minimum atomic E-state index is -0.732. The Balaban J connectivity index is 1.36. The summed E-state index contributed by atoms with van der Waals surface area (Å²) < 4.78 is 16.6. The first kappa shape index (κ1) is 30.2. The van der Waals surface area contributed by atoms with E-state index in [-0.39, 0.29) is 36.5 Å². The van der Waals surface area contributed by atoms with E-state index >= 15 is 0 Å². The zero-order chi connectivity index (χ0) is 30.2. The van der Waals surface area contributed by atoms with Crippen LogP contribution in [-0.2, 0) is 22.6 Å². The number of likely N-dealkylation sites (tertiary alicyclic amines) is 1. The molecule has 2 saturated heterocycles. The molecule has 3 heterocycles. The van der Waals surface area contributed by atoms with Crippen LogP contribution in [0.3, 0.4) is 0 Å². The number of pyridine rings is 1. The zero-order valence-corrected chi connectivity index (χ0v) is 24.6. The maximum atomic E-state index is 13.2. The Morgan fingerprint density at radius 3 is 2.30 bits per heavy atom. The van der Waals surface area contributed by atoms with Crippen molar-refractivity contribution in [3.05, 3.63) is 75.8 Å². The lowest BCUT2D eigenvalue weighted by atomic mass is 10.0. The Bertz CT molecular complexity index is 1390. The molecule has 2 fully saturated rings. The summed E-state index contributed by atoms with van der Waals surface area (Å²) in [6, 6.07) is 17.7. The second kappa shape index (κ2) is 14.3. The predicted octanol–water partition coefficient (Wildman–Crippen LogP) is 5.80. The molecule has 2 aromatic carbocycles. The van der Waals surface area contributed by atoms with Gasteiger partial charge in [-0.25, -0.2) is 4.79 Å². The number of benzene rings is 2. The van der Waals surface area contributed by atoms with Crippen LogP contribution in [-0.4, -0.2) is 60.4 Å². The highest BCUT2D eigenvalue weighted by Gasteiger charge is 2.31. The molecule has 1 amide bonds. The second-order valence-electron chi connectivity index (χ2n) is 11.0. The number of carbonyl (C=O) groups excluding carboxylic acids is 1. The van der Waals surface area contributed by atoms with Crippen molar-refractivity contribution in [2.24, 2.45) is 5.92 Å². The lowest BCUT2D eigenvalue weighted by molar-refractivity contribution is -0.383. The number of hydrogen-bond donors (Lipinski definition) is 1. The van der Waals surface area contributed by atoms with Crippen molar-refractivity contribution >= 4 is 23.3 Å². The monoisotopic (exact) mass is 589 g/mol. The Labute approximate surface area is 251 Å². The van der Waals surface area contributed by atoms with Gasteiger partial charge in [0.15, 0.2) is 0 Å². The highest BCUT2D eigenvalue weighted by molar-refractivity contribution is 5.92. The number of ether oxygens (including phenoxy) is 3. The smallest absolute Gasteiger partial charge is 0.414 e. The van der Waals surface area contributed by atoms with E-state index in [4.69, 9.17) is 19.9 Å². The third kappa shape index (κ3) is 7.79. The molecule has 3 aromatic rings. The van der Waals surface area contributed by atoms with Crippen molar-refractivity contribution in [3.8, 4) is 17.0 Å². The molecule has 43 heavy (non-hydrogen) atoms. The van der Waals surface area contributed by atoms with Crippen molar-refractivity contribution in [2.75, 3.05) is 50.2 Å². The van der Waals surface area contributed by atoms with Crippen LogP contribution < -0.4 is 15.4 Å². The first-order valence-corrected chi connectivity index (χ1v) is 14.9. The molecule has 0 spiro atoms. The minimum Gasteiger partial charge on any atom is -0.477 e. The van der Waals surface area contributed by atoms with Crippen molar-refractivity contribution in [1.82, 2.24) is 9.88 Å². The second-order valence-corrected chi connectivity index (χ2v) is 11.0. The van der Waals surface area contributed by atoms with Crippen LogP contribution in [0.2, 0.25) is 0 Å². The Kier molecular flexibility index (Phi) is 10.1. The molecule has 0 bridgehead atoms. The van der Waals surface area contributed by atoms with Gasteiger partial charge in [-0.05, 0) is 73.9 Å². The van der Waals surface area contributed by atoms with Gasteiger partial charge in [0, 0.05) is 25.8 Å². The van der Waals surface area contributed by atoms with Crippen LogP contribution in [0.15, 0.2) is 54.6 Å². The van der Waals surface area contributed by atoms with Crippen molar-refractivity contribution < 1.29 is 23.9 Å². The van der Waals surface area contributed by atoms with E-state index in [1.54, 1.807) is 6.92 Å². The van der Waals surface area contributed by atoms with E-state index in [9.17, 15) is 14.9 Å². The maximum Gasteiger partial charge on any atom is 0.414 e. The van der Waals surface area contributed by atoms with Gasteiger partial charge < -0.3 is 19.9 Å². The summed E-state index contributed by atoms with van der Waals surface area (Å²) >= 11 is 0. The van der Waals surface area contributed by atoms with Crippen LogP contribution in [0.1, 0.15) is 43.7 Å². The number of nitrogen functional groups attached to an aromatic ring is 1. The van der Waals surface area contributed by atoms with Gasteiger partial charge in [0.05, 0.1) is 24.7 Å². The molecule has 0 atom stereocenters. The molecule has 0 aliphatic carbocycles. The number of nitrogens with zero attached hydrogens (tertiary/aromatic N) is 4. The summed E-state index contributed by atoms with van der Waals surface area (Å²) in [5.41, 5.74) is 9.71. The third-order valence-electron chi connectivity index (χ3n) is 7.93. The van der Waals surface area contributed by atoms with E-state index in [0.29, 0.717) is 19.8 Å². The van der Waals surface area contributed by atoms with Crippen molar-refractivity contribution in [2.45, 2.75) is 45.7 Å². The molecule has 2 aliphatic heterocycles. The van der Waals surface area contributed by atoms with E-state index < -0.39 is 16.7 Å². The topological polar surface area (TPSA) is 133 Å². The molecule has 1 aromatic heterocycles. The van der Waals surface area contributed by atoms with Crippen molar-refractivity contribution in [1.29, 1.82) is 0 Å². The molecule has 2 N–H and O–H groups in total. The van der Waals surface area contributed by atoms with Gasteiger partial charge in [-0.1, -0.05) is 48.5 Å². The quantitative estimate of drug-likeness (QED) is 0.217. The lowest BCUT2D eigenvalue weighted by Gasteiger charge is -2.24. The molecule has 228 valence electrons. The number of anilines is 2. The molecule has 11 heteroatoms. The normalized spacial score (nSPS) is 15.7. The Morgan fingerprint density at radius 2 is 1.70 bits per heavy atom. The summed E-state index contributed by atoms with van der Waals surface area (Å²) in [5, 5.41) is 12.1. The SMILES string of the molecule is CCOC(=O)N(Cc1ccc(-c2ccc(CN3CCCC3)cc2)cc1)c1cc(OCC2CCOCC2)nc(N)c1[N+](=O)[O-]. The van der Waals surface area contributed by atoms with E-state index in [1.807, 2.05) is 24.3 Å². The average molecular weight is 590 g/mol. The van der Waals surface area contributed by atoms with Gasteiger partial charge in [-0.3, -0.25) is 19.9 Å². The largest absolute Gasteiger partial charge is 0.477 e. The van der Waals surface area contributed by atoms with Crippen LogP contribution >= 0.6 is 0 Å². The van der Waals surface area contributed by atoms with Gasteiger partial charge in [0.25, 0.3) is 0 Å². The molecule has 0 saturated carbocycles. The number of rotatable bonds is 11. The standard InChI is InChI=1S/C32H39N5O6/c1-2-42-32(38)36(28-19-29(34-31(33)30(28)37(39)40)43-22-25-13-17-41-18-14-25)21-24-7-11-27(12-8-24)26-9-5-23(6-10-26)20-35-15-3-4-16-35/h5-12,19,25H,2-4,13-18,20-22H2,1H3,(H2,33,34). The summed E-state index contributed by atoms with van der Waals surface area (Å²) in [4.78, 5) is 32.4. The maximum absolute atomic E-state index is 13.2. The molecule has 2 aliphatic rings. The van der Waals surface area contributed by atoms with Crippen molar-refractivity contribution in [3.63, 3.8) is 0 Å². The molecular formula is C32H39N5O6. The summed E-state index contributed by atoms with van der Waals surface area (Å²) in [7, 11) is 0. The van der Waals surface area contributed by atoms with Crippen LogP contribution in [0.25, 0.3) is 11.1 Å². The number of carbonyl (C=O) groups is 1. The Morgan fingerprint density at radius 1 is 1.07 bits per heavy atom. The van der Waals surface area contributed by atoms with Gasteiger partial charge in [-0.15, -0.1) is 0 Å². The zero-order valence-electron chi connectivity index (χ0n) is 24.6. The predicted molar refractivity (Wildman–Crippen MR) is 164 cm³/mol. The first-order valence-electron chi connectivity index (χ1n) is 14.9. The highest BCUT2D eigenvalue weighted by Crippen LogP contribution is 2.37. The van der Waals surface area contributed by atoms with Crippen LogP contribution in [0.4, 0.5) is 22.0 Å². The fourth-order valence-corrected chi connectivity index (χ4v) is 5.54. The van der Waals surface area contributed by atoms with E-state index in [2.05, 4.69) is 34.1 Å². The van der Waals surface area contributed by atoms with Crippen LogP contribution in [0, 0.1) is 16.0 Å². The fraction of sp³-hybridized carbons (Fsp3) is 0.438. The number of hydrogen-bond acceptors (Lipinski definition) is 9. The molecule has 0 unspecified atom stereocenters.